The molecule has 220 valence electrons. The number of benzene rings is 2. The molecule has 3 aromatic rings. The van der Waals surface area contributed by atoms with Gasteiger partial charge in [-0.3, -0.25) is 4.72 Å². The van der Waals surface area contributed by atoms with E-state index in [9.17, 15) is 13.5 Å². The van der Waals surface area contributed by atoms with Gasteiger partial charge in [0.05, 0.1) is 11.4 Å². The van der Waals surface area contributed by atoms with Crippen molar-refractivity contribution in [2.45, 2.75) is 42.8 Å². The van der Waals surface area contributed by atoms with E-state index in [1.807, 2.05) is 15.9 Å². The lowest BCUT2D eigenvalue weighted by Crippen LogP contribution is -2.54. The summed E-state index contributed by atoms with van der Waals surface area (Å²) in [4.78, 5) is 17.8. The molecule has 3 heterocycles. The van der Waals surface area contributed by atoms with Crippen LogP contribution >= 0.6 is 0 Å². The van der Waals surface area contributed by atoms with Gasteiger partial charge in [-0.1, -0.05) is 30.3 Å². The highest BCUT2D eigenvalue weighted by Gasteiger charge is 2.29. The Morgan fingerprint density at radius 3 is 1.85 bits per heavy atom. The Hall–Kier alpha value is -3.76. The van der Waals surface area contributed by atoms with E-state index in [2.05, 4.69) is 20.0 Å². The Balaban J connectivity index is 1.38. The maximum atomic E-state index is 12.7. The number of hydrogen-bond acceptors (Lipinski definition) is 13. The quantitative estimate of drug-likeness (QED) is 0.173. The molecule has 11 N–H and O–H groups in total. The summed E-state index contributed by atoms with van der Waals surface area (Å²) >= 11 is 0. The van der Waals surface area contributed by atoms with E-state index < -0.39 is 10.0 Å². The highest BCUT2D eigenvalue weighted by atomic mass is 32.2. The predicted octanol–water partition coefficient (Wildman–Crippen LogP) is -0.00790. The number of phenolic OH excluding ortho intramolecular Hbond substituents is 1. The van der Waals surface area contributed by atoms with Crippen LogP contribution in [0.3, 0.4) is 0 Å². The van der Waals surface area contributed by atoms with E-state index >= 15 is 0 Å². The zero-order valence-corrected chi connectivity index (χ0v) is 23.4. The molecule has 0 aliphatic carbocycles. The minimum atomic E-state index is -3.75. The van der Waals surface area contributed by atoms with Gasteiger partial charge in [0.2, 0.25) is 27.9 Å². The molecule has 2 aromatic carbocycles. The second kappa shape index (κ2) is 12.0. The summed E-state index contributed by atoms with van der Waals surface area (Å²) in [5.41, 5.74) is 26.0. The van der Waals surface area contributed by atoms with Crippen LogP contribution in [0.1, 0.15) is 18.4 Å². The first-order chi connectivity index (χ1) is 19.5. The van der Waals surface area contributed by atoms with Crippen LogP contribution in [0.2, 0.25) is 0 Å². The lowest BCUT2D eigenvalue weighted by molar-refractivity contribution is 0.441. The Morgan fingerprint density at radius 2 is 1.34 bits per heavy atom. The zero-order chi connectivity index (χ0) is 29.1. The molecular formula is C26H37N11O3S. The zero-order valence-electron chi connectivity index (χ0n) is 22.6. The number of nitrogens with zero attached hydrogens (tertiary/aromatic N) is 5. The first-order valence-corrected chi connectivity index (χ1v) is 15.1. The van der Waals surface area contributed by atoms with Crippen molar-refractivity contribution in [3.63, 3.8) is 0 Å². The van der Waals surface area contributed by atoms with Gasteiger partial charge in [0.1, 0.15) is 5.75 Å². The van der Waals surface area contributed by atoms with E-state index in [0.717, 1.165) is 0 Å². The molecule has 5 rings (SSSR count). The topological polar surface area (TPSA) is 228 Å². The second-order valence-corrected chi connectivity index (χ2v) is 12.5. The Labute approximate surface area is 239 Å². The van der Waals surface area contributed by atoms with Crippen molar-refractivity contribution in [1.29, 1.82) is 0 Å². The predicted molar refractivity (Wildman–Crippen MR) is 159 cm³/mol. The molecule has 2 saturated heterocycles. The molecular weight excluding hydrogens is 546 g/mol. The molecule has 2 aliphatic heterocycles. The van der Waals surface area contributed by atoms with Crippen molar-refractivity contribution in [1.82, 2.24) is 15.0 Å². The largest absolute Gasteiger partial charge is 0.506 e. The van der Waals surface area contributed by atoms with Gasteiger partial charge in [-0.05, 0) is 30.5 Å². The third-order valence-electron chi connectivity index (χ3n) is 6.93. The fourth-order valence-corrected chi connectivity index (χ4v) is 6.41. The standard InChI is InChI=1S/C26H37N11O3S/c27-17-8-18(28)12-36(11-17)25-32-24(33-26(34-25)37-13-19(29)9-20(30)14-37)31-21-6-7-22(23(38)10-21)35-41(39,40)15-16-4-2-1-3-5-16/h1-7,10,17-20,35,38H,8-9,11-15,27-30H2,(H,31,32,33,34)/t17-,18+,19-,20+. The summed E-state index contributed by atoms with van der Waals surface area (Å²) in [5, 5.41) is 13.7. The van der Waals surface area contributed by atoms with Gasteiger partial charge in [0.25, 0.3) is 0 Å². The smallest absolute Gasteiger partial charge is 0.237 e. The first-order valence-electron chi connectivity index (χ1n) is 13.5. The Bertz CT molecular complexity index is 1400. The molecule has 0 radical (unpaired) electrons. The molecule has 1 aromatic heterocycles. The second-order valence-electron chi connectivity index (χ2n) is 10.8. The van der Waals surface area contributed by atoms with E-state index in [-0.39, 0.29) is 47.3 Å². The molecule has 0 bridgehead atoms. The number of sulfonamides is 1. The highest BCUT2D eigenvalue weighted by molar-refractivity contribution is 7.91. The molecule has 0 amide bonds. The van der Waals surface area contributed by atoms with Crippen LogP contribution in [0.5, 0.6) is 5.75 Å². The molecule has 0 saturated carbocycles. The number of aromatic nitrogens is 3. The third-order valence-corrected chi connectivity index (χ3v) is 8.17. The van der Waals surface area contributed by atoms with E-state index in [1.54, 1.807) is 30.3 Å². The van der Waals surface area contributed by atoms with Crippen molar-refractivity contribution < 1.29 is 13.5 Å². The minimum absolute atomic E-state index is 0.0519. The van der Waals surface area contributed by atoms with Crippen molar-refractivity contribution in [3.05, 3.63) is 54.1 Å². The lowest BCUT2D eigenvalue weighted by atomic mass is 10.0. The number of nitrogens with one attached hydrogen (secondary N) is 2. The van der Waals surface area contributed by atoms with Gasteiger partial charge < -0.3 is 43.2 Å². The van der Waals surface area contributed by atoms with Crippen molar-refractivity contribution in [2.24, 2.45) is 22.9 Å². The number of nitrogens with two attached hydrogens (primary N) is 4. The summed E-state index contributed by atoms with van der Waals surface area (Å²) in [7, 11) is -3.75. The van der Waals surface area contributed by atoms with Gasteiger partial charge in [-0.25, -0.2) is 8.42 Å². The SMILES string of the molecule is N[C@@H]1C[C@H](N)CN(c2nc(Nc3ccc(NS(=O)(=O)Cc4ccccc4)c(O)c3)nc(N3C[C@H](N)C[C@H](N)C3)n2)C1. The maximum Gasteiger partial charge on any atom is 0.237 e. The molecule has 14 nitrogen and oxygen atoms in total. The number of anilines is 5. The number of hydrogen-bond donors (Lipinski definition) is 7. The van der Waals surface area contributed by atoms with Crippen LogP contribution in [0.15, 0.2) is 48.5 Å². The fourth-order valence-electron chi connectivity index (χ4n) is 5.20. The van der Waals surface area contributed by atoms with Crippen molar-refractivity contribution in [2.75, 3.05) is 46.0 Å². The van der Waals surface area contributed by atoms with E-state index in [1.165, 1.54) is 12.1 Å². The Morgan fingerprint density at radius 1 is 0.805 bits per heavy atom. The summed E-state index contributed by atoms with van der Waals surface area (Å²) in [6.07, 6.45) is 1.41. The van der Waals surface area contributed by atoms with Crippen LogP contribution in [-0.4, -0.2) is 78.8 Å². The summed E-state index contributed by atoms with van der Waals surface area (Å²) in [5.74, 6) is 0.553. The lowest BCUT2D eigenvalue weighted by Gasteiger charge is -2.37. The molecule has 15 heteroatoms. The fraction of sp³-hybridized carbons (Fsp3) is 0.423. The van der Waals surface area contributed by atoms with Gasteiger partial charge in [-0.2, -0.15) is 15.0 Å². The number of aromatic hydroxyl groups is 1. The summed E-state index contributed by atoms with van der Waals surface area (Å²) < 4.78 is 27.8. The monoisotopic (exact) mass is 583 g/mol. The number of phenols is 1. The van der Waals surface area contributed by atoms with Gasteiger partial charge in [-0.15, -0.1) is 0 Å². The maximum absolute atomic E-state index is 12.7. The van der Waals surface area contributed by atoms with Crippen LogP contribution in [-0.2, 0) is 15.8 Å². The van der Waals surface area contributed by atoms with Gasteiger partial charge >= 0.3 is 0 Å². The Kier molecular flexibility index (Phi) is 8.42. The average Bonchev–Trinajstić information content (AvgIpc) is 2.89. The van der Waals surface area contributed by atoms with Crippen LogP contribution < -0.4 is 42.8 Å². The third kappa shape index (κ3) is 7.51. The van der Waals surface area contributed by atoms with E-state index in [4.69, 9.17) is 27.9 Å². The highest BCUT2D eigenvalue weighted by Crippen LogP contribution is 2.30. The van der Waals surface area contributed by atoms with Gasteiger partial charge in [0, 0.05) is 62.1 Å². The van der Waals surface area contributed by atoms with Crippen LogP contribution in [0.4, 0.5) is 29.2 Å². The molecule has 41 heavy (non-hydrogen) atoms. The molecule has 2 fully saturated rings. The molecule has 4 atom stereocenters. The van der Waals surface area contributed by atoms with Crippen LogP contribution in [0.25, 0.3) is 0 Å². The van der Waals surface area contributed by atoms with Gasteiger partial charge in [0.15, 0.2) is 0 Å². The molecule has 2 aliphatic rings. The molecule has 0 unspecified atom stereocenters. The molecule has 0 spiro atoms. The number of piperidine rings is 2. The normalized spacial score (nSPS) is 23.3. The van der Waals surface area contributed by atoms with E-state index in [0.29, 0.717) is 62.2 Å². The number of rotatable bonds is 8. The average molecular weight is 584 g/mol. The summed E-state index contributed by atoms with van der Waals surface area (Å²) in [6, 6.07) is 12.8. The summed E-state index contributed by atoms with van der Waals surface area (Å²) in [6.45, 7) is 2.14. The first kappa shape index (κ1) is 28.8. The van der Waals surface area contributed by atoms with Crippen LogP contribution in [0, 0.1) is 0 Å². The minimum Gasteiger partial charge on any atom is -0.506 e. The van der Waals surface area contributed by atoms with Crippen molar-refractivity contribution in [3.8, 4) is 5.75 Å². The van der Waals surface area contributed by atoms with Crippen molar-refractivity contribution >= 4 is 39.2 Å².